The van der Waals surface area contributed by atoms with Crippen LogP contribution in [0.1, 0.15) is 28.4 Å². The number of nitrogens with one attached hydrogen (secondary N) is 1. The van der Waals surface area contributed by atoms with Crippen molar-refractivity contribution in [2.45, 2.75) is 13.5 Å². The number of carbonyl (C=O) groups is 3. The van der Waals surface area contributed by atoms with Crippen LogP contribution in [0, 0.1) is 0 Å². The van der Waals surface area contributed by atoms with Crippen LogP contribution in [0.4, 0.5) is 0 Å². The lowest BCUT2D eigenvalue weighted by Crippen LogP contribution is -2.23. The predicted octanol–water partition coefficient (Wildman–Crippen LogP) is 3.72. The number of carboxylic acids is 1. The minimum Gasteiger partial charge on any atom is -0.487 e. The van der Waals surface area contributed by atoms with Crippen molar-refractivity contribution < 1.29 is 24.2 Å². The average Bonchev–Trinajstić information content (AvgIpc) is 2.99. The minimum absolute atomic E-state index is 0.203. The summed E-state index contributed by atoms with van der Waals surface area (Å²) in [5.74, 6) is -1.26. The fraction of sp³-hybridized carbons (Fsp3) is 0.100. The van der Waals surface area contributed by atoms with E-state index >= 15 is 0 Å². The molecule has 0 spiro atoms. The van der Waals surface area contributed by atoms with Gasteiger partial charge in [0.2, 0.25) is 5.91 Å². The Morgan fingerprint density at radius 1 is 1.24 bits per heavy atom. The van der Waals surface area contributed by atoms with Crippen LogP contribution >= 0.6 is 23.4 Å². The molecular formula is C20H15ClN2O5S. The van der Waals surface area contributed by atoms with Gasteiger partial charge in [-0.15, -0.1) is 0 Å². The van der Waals surface area contributed by atoms with Crippen LogP contribution in [0.3, 0.4) is 0 Å². The molecule has 0 bridgehead atoms. The third kappa shape index (κ3) is 5.46. The first-order chi connectivity index (χ1) is 13.8. The monoisotopic (exact) mass is 430 g/mol. The fourth-order valence-corrected chi connectivity index (χ4v) is 3.50. The van der Waals surface area contributed by atoms with E-state index in [-0.39, 0.29) is 23.2 Å². The maximum atomic E-state index is 11.9. The number of ether oxygens (including phenoxy) is 1. The first kappa shape index (κ1) is 20.6. The van der Waals surface area contributed by atoms with E-state index in [1.54, 1.807) is 36.4 Å². The molecule has 1 aliphatic heterocycles. The van der Waals surface area contributed by atoms with Gasteiger partial charge in [-0.05, 0) is 53.2 Å². The number of aliphatic imine (C=N–C) groups is 1. The smallest absolute Gasteiger partial charge is 0.335 e. The summed E-state index contributed by atoms with van der Waals surface area (Å²) < 4.78 is 5.69. The number of halogens is 1. The number of rotatable bonds is 5. The number of amidine groups is 1. The largest absolute Gasteiger partial charge is 0.487 e. The molecule has 2 aromatic rings. The van der Waals surface area contributed by atoms with Crippen LogP contribution < -0.4 is 10.1 Å². The summed E-state index contributed by atoms with van der Waals surface area (Å²) in [5, 5.41) is 12.0. The zero-order valence-corrected chi connectivity index (χ0v) is 16.7. The van der Waals surface area contributed by atoms with Gasteiger partial charge >= 0.3 is 5.97 Å². The van der Waals surface area contributed by atoms with Crippen molar-refractivity contribution in [1.82, 2.24) is 5.32 Å². The molecule has 3 rings (SSSR count). The molecule has 0 radical (unpaired) electrons. The molecule has 9 heteroatoms. The van der Waals surface area contributed by atoms with Gasteiger partial charge in [0.05, 0.1) is 15.5 Å². The number of aromatic carboxylic acids is 1. The van der Waals surface area contributed by atoms with Gasteiger partial charge in [0.15, 0.2) is 5.17 Å². The van der Waals surface area contributed by atoms with E-state index < -0.39 is 11.9 Å². The van der Waals surface area contributed by atoms with Gasteiger partial charge in [0, 0.05) is 6.92 Å². The summed E-state index contributed by atoms with van der Waals surface area (Å²) >= 11 is 7.35. The van der Waals surface area contributed by atoms with Crippen LogP contribution in [0.2, 0.25) is 5.02 Å². The normalized spacial score (nSPS) is 14.6. The molecule has 148 valence electrons. The number of nitrogens with zero attached hydrogens (tertiary/aromatic N) is 1. The Morgan fingerprint density at radius 3 is 2.59 bits per heavy atom. The van der Waals surface area contributed by atoms with Gasteiger partial charge in [0.1, 0.15) is 12.4 Å². The van der Waals surface area contributed by atoms with E-state index in [1.807, 2.05) is 0 Å². The number of thioether (sulfide) groups is 1. The summed E-state index contributed by atoms with van der Waals surface area (Å²) in [7, 11) is 0. The molecule has 0 saturated carbocycles. The highest BCUT2D eigenvalue weighted by Gasteiger charge is 2.22. The molecule has 0 aromatic heterocycles. The second-order valence-electron chi connectivity index (χ2n) is 5.99. The van der Waals surface area contributed by atoms with E-state index in [2.05, 4.69) is 10.3 Å². The van der Waals surface area contributed by atoms with Crippen LogP contribution in [0.5, 0.6) is 5.75 Å². The number of amides is 2. The van der Waals surface area contributed by atoms with Crippen LogP contribution in [-0.2, 0) is 16.2 Å². The van der Waals surface area contributed by atoms with Crippen LogP contribution in [0.15, 0.2) is 52.4 Å². The van der Waals surface area contributed by atoms with Gasteiger partial charge in [0.25, 0.3) is 5.91 Å². The van der Waals surface area contributed by atoms with E-state index in [0.29, 0.717) is 21.2 Å². The van der Waals surface area contributed by atoms with Crippen LogP contribution in [-0.4, -0.2) is 28.1 Å². The number of carbonyl (C=O) groups excluding carboxylic acids is 2. The fourth-order valence-electron chi connectivity index (χ4n) is 2.39. The molecule has 2 N–H and O–H groups in total. The van der Waals surface area contributed by atoms with Crippen molar-refractivity contribution in [2.75, 3.05) is 0 Å². The molecule has 1 heterocycles. The number of carboxylic acid groups (broad SMARTS) is 1. The SMILES string of the molecule is CC(=O)NC1=NC(=O)C(=Cc2ccc(OCc3ccc(C(=O)O)cc3)c(Cl)c2)S1. The molecule has 0 atom stereocenters. The van der Waals surface area contributed by atoms with Crippen LogP contribution in [0.25, 0.3) is 6.08 Å². The predicted molar refractivity (Wildman–Crippen MR) is 111 cm³/mol. The lowest BCUT2D eigenvalue weighted by atomic mass is 10.1. The van der Waals surface area contributed by atoms with Gasteiger partial charge < -0.3 is 15.2 Å². The Kier molecular flexibility index (Phi) is 6.36. The molecular weight excluding hydrogens is 416 g/mol. The average molecular weight is 431 g/mol. The van der Waals surface area contributed by atoms with E-state index in [0.717, 1.165) is 17.3 Å². The molecule has 29 heavy (non-hydrogen) atoms. The maximum Gasteiger partial charge on any atom is 0.335 e. The highest BCUT2D eigenvalue weighted by molar-refractivity contribution is 8.18. The standard InChI is InChI=1S/C20H15ClN2O5S/c1-11(24)22-20-23-18(25)17(29-20)9-13-4-7-16(15(21)8-13)28-10-12-2-5-14(6-3-12)19(26)27/h2-9H,10H2,1H3,(H,26,27)(H,22,23,24,25). The summed E-state index contributed by atoms with van der Waals surface area (Å²) in [6.45, 7) is 1.57. The Labute approximate surface area is 175 Å². The summed E-state index contributed by atoms with van der Waals surface area (Å²) in [6.07, 6.45) is 1.63. The van der Waals surface area contributed by atoms with Crippen molar-refractivity contribution in [3.8, 4) is 5.75 Å². The van der Waals surface area contributed by atoms with Gasteiger partial charge in [-0.1, -0.05) is 29.8 Å². The number of hydrogen-bond acceptors (Lipinski definition) is 5. The minimum atomic E-state index is -0.987. The summed E-state index contributed by atoms with van der Waals surface area (Å²) in [4.78, 5) is 38.0. The quantitative estimate of drug-likeness (QED) is 0.700. The molecule has 0 saturated heterocycles. The number of hydrogen-bond donors (Lipinski definition) is 2. The molecule has 2 aromatic carbocycles. The first-order valence-electron chi connectivity index (χ1n) is 8.36. The maximum absolute atomic E-state index is 11.9. The van der Waals surface area contributed by atoms with Gasteiger partial charge in [-0.25, -0.2) is 4.79 Å². The molecule has 7 nitrogen and oxygen atoms in total. The van der Waals surface area contributed by atoms with Crippen molar-refractivity contribution in [1.29, 1.82) is 0 Å². The van der Waals surface area contributed by atoms with Crippen molar-refractivity contribution in [3.05, 3.63) is 69.1 Å². The molecule has 2 amide bonds. The molecule has 0 unspecified atom stereocenters. The van der Waals surface area contributed by atoms with E-state index in [9.17, 15) is 14.4 Å². The Hall–Kier alpha value is -3.10. The summed E-state index contributed by atoms with van der Waals surface area (Å²) in [6, 6.07) is 11.4. The van der Waals surface area contributed by atoms with Crippen molar-refractivity contribution >= 4 is 52.4 Å². The van der Waals surface area contributed by atoms with E-state index in [4.69, 9.17) is 21.4 Å². The van der Waals surface area contributed by atoms with E-state index in [1.165, 1.54) is 19.1 Å². The first-order valence-corrected chi connectivity index (χ1v) is 9.56. The summed E-state index contributed by atoms with van der Waals surface area (Å²) in [5.41, 5.74) is 1.69. The third-order valence-electron chi connectivity index (χ3n) is 3.75. The molecule has 0 aliphatic carbocycles. The second-order valence-corrected chi connectivity index (χ2v) is 7.43. The second kappa shape index (κ2) is 8.93. The highest BCUT2D eigenvalue weighted by Crippen LogP contribution is 2.31. The number of benzene rings is 2. The van der Waals surface area contributed by atoms with Gasteiger partial charge in [-0.2, -0.15) is 4.99 Å². The lowest BCUT2D eigenvalue weighted by Gasteiger charge is -2.09. The molecule has 1 aliphatic rings. The highest BCUT2D eigenvalue weighted by atomic mass is 35.5. The topological polar surface area (TPSA) is 105 Å². The Bertz CT molecular complexity index is 1050. The van der Waals surface area contributed by atoms with Gasteiger partial charge in [-0.3, -0.25) is 9.59 Å². The van der Waals surface area contributed by atoms with Crippen molar-refractivity contribution in [3.63, 3.8) is 0 Å². The van der Waals surface area contributed by atoms with Crippen molar-refractivity contribution in [2.24, 2.45) is 4.99 Å². The zero-order valence-electron chi connectivity index (χ0n) is 15.1. The Balaban J connectivity index is 1.65. The zero-order chi connectivity index (χ0) is 21.0. The lowest BCUT2D eigenvalue weighted by molar-refractivity contribution is -0.117. The molecule has 0 fully saturated rings. The third-order valence-corrected chi connectivity index (χ3v) is 4.95. The Morgan fingerprint density at radius 2 is 1.97 bits per heavy atom.